The van der Waals surface area contributed by atoms with Crippen LogP contribution in [-0.2, 0) is 9.59 Å². The molecule has 0 spiro atoms. The Morgan fingerprint density at radius 3 is 2.22 bits per heavy atom. The van der Waals surface area contributed by atoms with Gasteiger partial charge >= 0.3 is 0 Å². The molecule has 5 nitrogen and oxygen atoms in total. The van der Waals surface area contributed by atoms with Crippen molar-refractivity contribution in [3.8, 4) is 0 Å². The Kier molecular flexibility index (Phi) is 7.82. The summed E-state index contributed by atoms with van der Waals surface area (Å²) in [5.41, 5.74) is 2.66. The van der Waals surface area contributed by atoms with Gasteiger partial charge in [-0.25, -0.2) is 0 Å². The topological polar surface area (TPSA) is 62.6 Å². The molecule has 2 rings (SSSR count). The fraction of sp³-hybridized carbons (Fsp3) is 0.333. The third kappa shape index (κ3) is 6.70. The second-order valence-electron chi connectivity index (χ2n) is 6.81. The lowest BCUT2D eigenvalue weighted by atomic mass is 9.97. The Hall–Kier alpha value is -2.37. The van der Waals surface area contributed by atoms with Gasteiger partial charge in [0, 0.05) is 16.4 Å². The number of halogens is 1. The van der Waals surface area contributed by atoms with Crippen molar-refractivity contribution in [2.45, 2.75) is 26.2 Å². The second-order valence-corrected chi connectivity index (χ2v) is 7.25. The minimum atomic E-state index is -0.150. The van der Waals surface area contributed by atoms with Crippen molar-refractivity contribution >= 4 is 34.8 Å². The lowest BCUT2D eigenvalue weighted by Crippen LogP contribution is -3.11. The molecular weight excluding hydrogens is 362 g/mol. The van der Waals surface area contributed by atoms with Crippen molar-refractivity contribution in [1.29, 1.82) is 0 Å². The van der Waals surface area contributed by atoms with Gasteiger partial charge in [0.25, 0.3) is 11.8 Å². The van der Waals surface area contributed by atoms with Gasteiger partial charge in [-0.1, -0.05) is 43.6 Å². The average molecular weight is 389 g/mol. The van der Waals surface area contributed by atoms with E-state index >= 15 is 0 Å². The SMILES string of the molecule is CC[C@H](C)c1ccccc1NC(=O)C[NH+](C)CC(=O)Nc1ccc(Cl)cc1. The van der Waals surface area contributed by atoms with Crippen LogP contribution in [0.2, 0.25) is 5.02 Å². The van der Waals surface area contributed by atoms with Crippen LogP contribution in [0.4, 0.5) is 11.4 Å². The zero-order chi connectivity index (χ0) is 19.8. The first kappa shape index (κ1) is 20.9. The quantitative estimate of drug-likeness (QED) is 0.651. The van der Waals surface area contributed by atoms with Crippen LogP contribution in [0.3, 0.4) is 0 Å². The molecule has 2 amide bonds. The van der Waals surface area contributed by atoms with Gasteiger partial charge in [-0.3, -0.25) is 9.59 Å². The largest absolute Gasteiger partial charge is 0.322 e. The van der Waals surface area contributed by atoms with Crippen molar-refractivity contribution in [2.75, 3.05) is 30.8 Å². The smallest absolute Gasteiger partial charge is 0.279 e. The standard InChI is InChI=1S/C21H26ClN3O2/c1-4-15(2)18-7-5-6-8-19(18)24-21(27)14-25(3)13-20(26)23-17-11-9-16(22)10-12-17/h5-12,15H,4,13-14H2,1-3H3,(H,23,26)(H,24,27)/p+1/t15-/m0/s1. The molecule has 3 N–H and O–H groups in total. The second kappa shape index (κ2) is 10.1. The van der Waals surface area contributed by atoms with Crippen molar-refractivity contribution < 1.29 is 14.5 Å². The van der Waals surface area contributed by atoms with E-state index in [4.69, 9.17) is 11.6 Å². The number of para-hydroxylation sites is 1. The van der Waals surface area contributed by atoms with Gasteiger partial charge in [-0.2, -0.15) is 0 Å². The molecular formula is C21H27ClN3O2+. The Balaban J connectivity index is 1.86. The number of hydrogen-bond acceptors (Lipinski definition) is 2. The third-order valence-electron chi connectivity index (χ3n) is 4.43. The van der Waals surface area contributed by atoms with Gasteiger partial charge in [-0.05, 0) is 48.2 Å². The molecule has 2 aromatic carbocycles. The highest BCUT2D eigenvalue weighted by atomic mass is 35.5. The summed E-state index contributed by atoms with van der Waals surface area (Å²) in [7, 11) is 1.82. The van der Waals surface area contributed by atoms with Crippen molar-refractivity contribution in [2.24, 2.45) is 0 Å². The van der Waals surface area contributed by atoms with Crippen LogP contribution in [0, 0.1) is 0 Å². The molecule has 0 aromatic heterocycles. The zero-order valence-electron chi connectivity index (χ0n) is 16.0. The molecule has 0 saturated carbocycles. The molecule has 0 aliphatic heterocycles. The number of anilines is 2. The van der Waals surface area contributed by atoms with Crippen LogP contribution in [0.15, 0.2) is 48.5 Å². The highest BCUT2D eigenvalue weighted by Crippen LogP contribution is 2.26. The van der Waals surface area contributed by atoms with Gasteiger partial charge in [0.15, 0.2) is 13.1 Å². The molecule has 0 aliphatic rings. The van der Waals surface area contributed by atoms with Crippen LogP contribution < -0.4 is 15.5 Å². The van der Waals surface area contributed by atoms with E-state index in [1.54, 1.807) is 24.3 Å². The number of carbonyl (C=O) groups is 2. The molecule has 0 heterocycles. The summed E-state index contributed by atoms with van der Waals surface area (Å²) < 4.78 is 0. The highest BCUT2D eigenvalue weighted by Gasteiger charge is 2.16. The first-order valence-electron chi connectivity index (χ1n) is 9.14. The number of rotatable bonds is 8. The summed E-state index contributed by atoms with van der Waals surface area (Å²) in [6.07, 6.45) is 1.00. The number of likely N-dealkylation sites (N-methyl/N-ethyl adjacent to an activating group) is 1. The molecule has 2 aromatic rings. The number of carbonyl (C=O) groups excluding carboxylic acids is 2. The first-order chi connectivity index (χ1) is 12.9. The molecule has 144 valence electrons. The van der Waals surface area contributed by atoms with E-state index in [1.807, 2.05) is 31.3 Å². The molecule has 2 atom stereocenters. The van der Waals surface area contributed by atoms with E-state index in [0.717, 1.165) is 22.6 Å². The van der Waals surface area contributed by atoms with Gasteiger partial charge in [0.05, 0.1) is 7.05 Å². The molecule has 6 heteroatoms. The van der Waals surface area contributed by atoms with E-state index in [1.165, 1.54) is 0 Å². The van der Waals surface area contributed by atoms with Gasteiger partial charge in [0.1, 0.15) is 0 Å². The summed E-state index contributed by atoms with van der Waals surface area (Å²) >= 11 is 5.83. The molecule has 0 saturated heterocycles. The number of quaternary nitrogens is 1. The molecule has 0 fully saturated rings. The summed E-state index contributed by atoms with van der Waals surface area (Å²) in [6.45, 7) is 4.68. The summed E-state index contributed by atoms with van der Waals surface area (Å²) in [5, 5.41) is 6.40. The lowest BCUT2D eigenvalue weighted by Gasteiger charge is -2.17. The maximum atomic E-state index is 12.4. The van der Waals surface area contributed by atoms with Gasteiger partial charge < -0.3 is 15.5 Å². The van der Waals surface area contributed by atoms with Gasteiger partial charge in [-0.15, -0.1) is 0 Å². The number of amides is 2. The van der Waals surface area contributed by atoms with Crippen molar-refractivity contribution in [3.63, 3.8) is 0 Å². The van der Waals surface area contributed by atoms with Crippen LogP contribution in [0.1, 0.15) is 31.7 Å². The molecule has 0 bridgehead atoms. The Morgan fingerprint density at radius 2 is 1.59 bits per heavy atom. The molecule has 0 aliphatic carbocycles. The average Bonchev–Trinajstić information content (AvgIpc) is 2.63. The number of benzene rings is 2. The lowest BCUT2D eigenvalue weighted by molar-refractivity contribution is -0.862. The fourth-order valence-electron chi connectivity index (χ4n) is 2.80. The minimum Gasteiger partial charge on any atom is -0.322 e. The molecule has 0 radical (unpaired) electrons. The maximum Gasteiger partial charge on any atom is 0.279 e. The fourth-order valence-corrected chi connectivity index (χ4v) is 2.93. The monoisotopic (exact) mass is 388 g/mol. The van der Waals surface area contributed by atoms with Crippen LogP contribution in [0.5, 0.6) is 0 Å². The zero-order valence-corrected chi connectivity index (χ0v) is 16.8. The third-order valence-corrected chi connectivity index (χ3v) is 4.68. The Morgan fingerprint density at radius 1 is 1.00 bits per heavy atom. The summed E-state index contributed by atoms with van der Waals surface area (Å²) in [6, 6.07) is 14.8. The van der Waals surface area contributed by atoms with Crippen molar-refractivity contribution in [1.82, 2.24) is 0 Å². The van der Waals surface area contributed by atoms with E-state index < -0.39 is 0 Å². The molecule has 1 unspecified atom stereocenters. The summed E-state index contributed by atoms with van der Waals surface area (Å²) in [4.78, 5) is 25.3. The Labute approximate surface area is 165 Å². The molecule has 27 heavy (non-hydrogen) atoms. The van der Waals surface area contributed by atoms with E-state index in [2.05, 4.69) is 24.5 Å². The normalized spacial score (nSPS) is 12.9. The van der Waals surface area contributed by atoms with Crippen LogP contribution in [0.25, 0.3) is 0 Å². The predicted molar refractivity (Wildman–Crippen MR) is 110 cm³/mol. The van der Waals surface area contributed by atoms with E-state index in [9.17, 15) is 9.59 Å². The van der Waals surface area contributed by atoms with E-state index in [0.29, 0.717) is 16.6 Å². The van der Waals surface area contributed by atoms with Crippen molar-refractivity contribution in [3.05, 3.63) is 59.1 Å². The van der Waals surface area contributed by atoms with Gasteiger partial charge in [0.2, 0.25) is 0 Å². The van der Waals surface area contributed by atoms with Crippen LogP contribution >= 0.6 is 11.6 Å². The minimum absolute atomic E-state index is 0.109. The number of nitrogens with one attached hydrogen (secondary N) is 3. The number of hydrogen-bond donors (Lipinski definition) is 3. The van der Waals surface area contributed by atoms with E-state index in [-0.39, 0.29) is 24.9 Å². The summed E-state index contributed by atoms with van der Waals surface area (Å²) in [5.74, 6) is 0.113. The highest BCUT2D eigenvalue weighted by molar-refractivity contribution is 6.30. The first-order valence-corrected chi connectivity index (χ1v) is 9.52. The predicted octanol–water partition coefficient (Wildman–Crippen LogP) is 2.95. The van der Waals surface area contributed by atoms with Crippen LogP contribution in [-0.4, -0.2) is 32.0 Å². The maximum absolute atomic E-state index is 12.4. The Bertz CT molecular complexity index is 777.